The molecule has 0 aromatic heterocycles. The number of nitrogens with one attached hydrogen (secondary N) is 1. The average Bonchev–Trinajstić information content (AvgIpc) is 2.39. The first-order valence-electron chi connectivity index (χ1n) is 6.01. The summed E-state index contributed by atoms with van der Waals surface area (Å²) in [5, 5.41) is 0.441. The first kappa shape index (κ1) is 15.8. The zero-order valence-electron chi connectivity index (χ0n) is 11.4. The van der Waals surface area contributed by atoms with Crippen LogP contribution in [0.2, 0.25) is 5.02 Å². The Hall–Kier alpha value is -1.63. The molecule has 112 valence electrons. The van der Waals surface area contributed by atoms with Gasteiger partial charge in [-0.15, -0.1) is 0 Å². The normalized spacial score (nSPS) is 11.5. The largest absolute Gasteiger partial charge is 0.324 e. The Labute approximate surface area is 127 Å². The summed E-state index contributed by atoms with van der Waals surface area (Å²) in [7, 11) is -3.60. The van der Waals surface area contributed by atoms with E-state index < -0.39 is 15.7 Å². The molecule has 3 N–H and O–H groups in total. The molecule has 0 aliphatic rings. The second-order valence-electron chi connectivity index (χ2n) is 4.69. The number of nitrogens with two attached hydrogens (primary N) is 1. The van der Waals surface area contributed by atoms with Crippen molar-refractivity contribution < 1.29 is 12.8 Å². The maximum Gasteiger partial charge on any atom is 0.178 e. The lowest BCUT2D eigenvalue weighted by Gasteiger charge is -2.13. The molecule has 0 saturated carbocycles. The summed E-state index contributed by atoms with van der Waals surface area (Å²) >= 11 is 6.01. The highest BCUT2D eigenvalue weighted by molar-refractivity contribution is 7.90. The van der Waals surface area contributed by atoms with E-state index in [1.807, 2.05) is 6.92 Å². The van der Waals surface area contributed by atoms with Crippen LogP contribution in [-0.2, 0) is 9.84 Å². The van der Waals surface area contributed by atoms with E-state index in [0.29, 0.717) is 21.8 Å². The van der Waals surface area contributed by atoms with Crippen LogP contribution in [0.15, 0.2) is 35.2 Å². The van der Waals surface area contributed by atoms with Gasteiger partial charge in [-0.25, -0.2) is 12.8 Å². The first-order valence-corrected chi connectivity index (χ1v) is 8.27. The Kier molecular flexibility index (Phi) is 4.22. The van der Waals surface area contributed by atoms with E-state index in [9.17, 15) is 12.8 Å². The summed E-state index contributed by atoms with van der Waals surface area (Å²) in [5.41, 5.74) is 5.12. The molecule has 4 nitrogen and oxygen atoms in total. The first-order chi connectivity index (χ1) is 9.74. The molecule has 2 aromatic rings. The van der Waals surface area contributed by atoms with Crippen LogP contribution < -0.4 is 11.3 Å². The summed E-state index contributed by atoms with van der Waals surface area (Å²) in [4.78, 5) is -0.330. The van der Waals surface area contributed by atoms with Gasteiger partial charge in [-0.2, -0.15) is 0 Å². The van der Waals surface area contributed by atoms with Crippen molar-refractivity contribution in [2.24, 2.45) is 5.84 Å². The molecule has 0 amide bonds. The molecule has 7 heteroatoms. The zero-order valence-corrected chi connectivity index (χ0v) is 13.0. The molecule has 0 radical (unpaired) electrons. The summed E-state index contributed by atoms with van der Waals surface area (Å²) in [6, 6.07) is 7.29. The standard InChI is InChI=1S/C14H14ClFN2O2S/c1-8-11(6-10(15)7-13(8)18-17)9-3-4-14(12(16)5-9)21(2,19)20/h3-7,18H,17H2,1-2H3. The van der Waals surface area contributed by atoms with Crippen molar-refractivity contribution in [2.75, 3.05) is 11.7 Å². The number of hydrogen-bond acceptors (Lipinski definition) is 4. The molecule has 0 heterocycles. The molecule has 0 bridgehead atoms. The Morgan fingerprint density at radius 1 is 1.24 bits per heavy atom. The van der Waals surface area contributed by atoms with Crippen molar-refractivity contribution in [1.29, 1.82) is 0 Å². The van der Waals surface area contributed by atoms with Crippen molar-refractivity contribution in [1.82, 2.24) is 0 Å². The quantitative estimate of drug-likeness (QED) is 0.670. The van der Waals surface area contributed by atoms with Crippen molar-refractivity contribution in [3.63, 3.8) is 0 Å². The fraction of sp³-hybridized carbons (Fsp3) is 0.143. The Balaban J connectivity index is 2.64. The van der Waals surface area contributed by atoms with Gasteiger partial charge in [0.25, 0.3) is 0 Å². The van der Waals surface area contributed by atoms with E-state index in [1.54, 1.807) is 18.2 Å². The maximum atomic E-state index is 14.0. The number of halogens is 2. The molecule has 0 aliphatic carbocycles. The van der Waals surface area contributed by atoms with Crippen LogP contribution in [0.5, 0.6) is 0 Å². The van der Waals surface area contributed by atoms with Crippen LogP contribution in [-0.4, -0.2) is 14.7 Å². The second kappa shape index (κ2) is 5.63. The molecule has 0 fully saturated rings. The van der Waals surface area contributed by atoms with Gasteiger partial charge >= 0.3 is 0 Å². The van der Waals surface area contributed by atoms with Gasteiger partial charge in [0.2, 0.25) is 0 Å². The number of nitrogen functional groups attached to an aromatic ring is 1. The fourth-order valence-corrected chi connectivity index (χ4v) is 3.04. The third-order valence-corrected chi connectivity index (χ3v) is 4.52. The predicted molar refractivity (Wildman–Crippen MR) is 82.5 cm³/mol. The van der Waals surface area contributed by atoms with Crippen LogP contribution in [0.4, 0.5) is 10.1 Å². The third kappa shape index (κ3) is 3.18. The van der Waals surface area contributed by atoms with Crippen LogP contribution >= 0.6 is 11.6 Å². The molecule has 2 aromatic carbocycles. The maximum absolute atomic E-state index is 14.0. The van der Waals surface area contributed by atoms with Crippen molar-refractivity contribution >= 4 is 27.1 Å². The number of benzene rings is 2. The average molecular weight is 329 g/mol. The molecule has 21 heavy (non-hydrogen) atoms. The van der Waals surface area contributed by atoms with Crippen molar-refractivity contribution in [3.8, 4) is 11.1 Å². The monoisotopic (exact) mass is 328 g/mol. The SMILES string of the molecule is Cc1c(NN)cc(Cl)cc1-c1ccc(S(C)(=O)=O)c(F)c1. The molecule has 0 spiro atoms. The van der Waals surface area contributed by atoms with Gasteiger partial charge in [-0.3, -0.25) is 5.84 Å². The number of sulfone groups is 1. The number of rotatable bonds is 3. The molecule has 0 atom stereocenters. The van der Waals surface area contributed by atoms with Gasteiger partial charge in [-0.05, 0) is 47.9 Å². The van der Waals surface area contributed by atoms with Crippen molar-refractivity contribution in [2.45, 2.75) is 11.8 Å². The van der Waals surface area contributed by atoms with Crippen LogP contribution in [0.25, 0.3) is 11.1 Å². The summed E-state index contributed by atoms with van der Waals surface area (Å²) in [6.45, 7) is 1.81. The lowest BCUT2D eigenvalue weighted by atomic mass is 9.99. The number of anilines is 1. The topological polar surface area (TPSA) is 72.2 Å². The molecule has 2 rings (SSSR count). The Bertz CT molecular complexity index is 807. The van der Waals surface area contributed by atoms with Gasteiger partial charge in [0, 0.05) is 11.3 Å². The second-order valence-corrected chi connectivity index (χ2v) is 7.11. The highest BCUT2D eigenvalue weighted by Gasteiger charge is 2.16. The molecular weight excluding hydrogens is 315 g/mol. The smallest absolute Gasteiger partial charge is 0.178 e. The van der Waals surface area contributed by atoms with Gasteiger partial charge in [0.1, 0.15) is 10.7 Å². The fourth-order valence-electron chi connectivity index (χ4n) is 2.10. The van der Waals surface area contributed by atoms with Gasteiger partial charge < -0.3 is 5.43 Å². The lowest BCUT2D eigenvalue weighted by Crippen LogP contribution is -2.08. The minimum Gasteiger partial charge on any atom is -0.324 e. The zero-order chi connectivity index (χ0) is 15.8. The summed E-state index contributed by atoms with van der Waals surface area (Å²) < 4.78 is 36.9. The van der Waals surface area contributed by atoms with E-state index >= 15 is 0 Å². The molecular formula is C14H14ClFN2O2S. The highest BCUT2D eigenvalue weighted by Crippen LogP contribution is 2.33. The Morgan fingerprint density at radius 2 is 1.90 bits per heavy atom. The van der Waals surface area contributed by atoms with E-state index in [4.69, 9.17) is 17.4 Å². The van der Waals surface area contributed by atoms with E-state index in [1.165, 1.54) is 12.1 Å². The summed E-state index contributed by atoms with van der Waals surface area (Å²) in [5.74, 6) is 4.62. The number of hydrogen-bond donors (Lipinski definition) is 2. The van der Waals surface area contributed by atoms with E-state index in [2.05, 4.69) is 5.43 Å². The predicted octanol–water partition coefficient (Wildman–Crippen LogP) is 3.14. The third-order valence-electron chi connectivity index (χ3n) is 3.17. The highest BCUT2D eigenvalue weighted by atomic mass is 35.5. The molecule has 0 aliphatic heterocycles. The van der Waals surface area contributed by atoms with E-state index in [-0.39, 0.29) is 4.90 Å². The van der Waals surface area contributed by atoms with Crippen LogP contribution in [0, 0.1) is 12.7 Å². The van der Waals surface area contributed by atoms with Gasteiger partial charge in [0.15, 0.2) is 9.84 Å². The van der Waals surface area contributed by atoms with Crippen molar-refractivity contribution in [3.05, 3.63) is 46.7 Å². The van der Waals surface area contributed by atoms with E-state index in [0.717, 1.165) is 11.8 Å². The molecule has 0 unspecified atom stereocenters. The number of hydrazine groups is 1. The van der Waals surface area contributed by atoms with Gasteiger partial charge in [-0.1, -0.05) is 17.7 Å². The lowest BCUT2D eigenvalue weighted by molar-refractivity contribution is 0.571. The minimum atomic E-state index is -3.60. The minimum absolute atomic E-state index is 0.330. The molecule has 0 saturated heterocycles. The summed E-state index contributed by atoms with van der Waals surface area (Å²) in [6.07, 6.45) is 0.964. The van der Waals surface area contributed by atoms with Gasteiger partial charge in [0.05, 0.1) is 5.69 Å². The van der Waals surface area contributed by atoms with Crippen LogP contribution in [0.1, 0.15) is 5.56 Å². The van der Waals surface area contributed by atoms with Crippen LogP contribution in [0.3, 0.4) is 0 Å². The Morgan fingerprint density at radius 3 is 2.43 bits per heavy atom.